The molecule has 0 saturated carbocycles. The van der Waals surface area contributed by atoms with Gasteiger partial charge < -0.3 is 15.2 Å². The van der Waals surface area contributed by atoms with E-state index >= 15 is 0 Å². The highest BCUT2D eigenvalue weighted by molar-refractivity contribution is 5.92. The molecule has 2 aromatic heterocycles. The van der Waals surface area contributed by atoms with Crippen LogP contribution in [0.2, 0.25) is 0 Å². The monoisotopic (exact) mass is 395 g/mol. The van der Waals surface area contributed by atoms with Crippen LogP contribution in [0.4, 0.5) is 0 Å². The molecule has 1 unspecified atom stereocenters. The number of amides is 1. The summed E-state index contributed by atoms with van der Waals surface area (Å²) in [6.45, 7) is 8.10. The number of phenolic OH excluding ortho intramolecular Hbond substituents is 1. The molecule has 1 fully saturated rings. The molecule has 1 aliphatic heterocycles. The Hall–Kier alpha value is -3.00. The van der Waals surface area contributed by atoms with Crippen molar-refractivity contribution >= 4 is 16.8 Å². The molecule has 4 rings (SSSR count). The van der Waals surface area contributed by atoms with Crippen molar-refractivity contribution in [1.29, 1.82) is 0 Å². The van der Waals surface area contributed by atoms with Crippen LogP contribution >= 0.6 is 0 Å². The third kappa shape index (κ3) is 3.80. The highest BCUT2D eigenvalue weighted by atomic mass is 16.5. The van der Waals surface area contributed by atoms with E-state index in [-0.39, 0.29) is 28.7 Å². The molecule has 0 spiro atoms. The van der Waals surface area contributed by atoms with Crippen molar-refractivity contribution in [3.8, 4) is 5.75 Å². The zero-order valence-corrected chi connectivity index (χ0v) is 16.8. The van der Waals surface area contributed by atoms with Crippen molar-refractivity contribution in [1.82, 2.24) is 25.3 Å². The van der Waals surface area contributed by atoms with Gasteiger partial charge in [0.2, 0.25) is 0 Å². The molecule has 1 aliphatic rings. The molecule has 0 aliphatic carbocycles. The molecule has 3 heterocycles. The third-order valence-corrected chi connectivity index (χ3v) is 5.28. The lowest BCUT2D eigenvalue weighted by molar-refractivity contribution is -0.111. The molecule has 3 aromatic rings. The van der Waals surface area contributed by atoms with Crippen molar-refractivity contribution < 1.29 is 14.6 Å². The third-order valence-electron chi connectivity index (χ3n) is 5.28. The SMILES string of the molecule is CC(C)C(NC(=O)c1cn(CC2(C)COC2)nn1)c1ccc2cccnc2c1O. The molecule has 0 bridgehead atoms. The van der Waals surface area contributed by atoms with Gasteiger partial charge in [0.15, 0.2) is 5.69 Å². The average molecular weight is 395 g/mol. The fourth-order valence-electron chi connectivity index (χ4n) is 3.63. The lowest BCUT2D eigenvalue weighted by Gasteiger charge is -2.37. The van der Waals surface area contributed by atoms with E-state index in [9.17, 15) is 9.90 Å². The highest BCUT2D eigenvalue weighted by Crippen LogP contribution is 2.34. The van der Waals surface area contributed by atoms with E-state index in [0.717, 1.165) is 5.39 Å². The topological polar surface area (TPSA) is 102 Å². The van der Waals surface area contributed by atoms with Crippen LogP contribution in [0.5, 0.6) is 5.75 Å². The lowest BCUT2D eigenvalue weighted by Crippen LogP contribution is -2.43. The predicted octanol–water partition coefficient (Wildman–Crippen LogP) is 2.70. The molecule has 1 saturated heterocycles. The van der Waals surface area contributed by atoms with Gasteiger partial charge >= 0.3 is 0 Å². The maximum absolute atomic E-state index is 12.8. The minimum Gasteiger partial charge on any atom is -0.505 e. The Morgan fingerprint density at radius 1 is 1.34 bits per heavy atom. The fraction of sp³-hybridized carbons (Fsp3) is 0.429. The van der Waals surface area contributed by atoms with Gasteiger partial charge in [0.25, 0.3) is 5.91 Å². The van der Waals surface area contributed by atoms with Gasteiger partial charge in [-0.1, -0.05) is 44.2 Å². The summed E-state index contributed by atoms with van der Waals surface area (Å²) in [5.41, 5.74) is 1.43. The first-order valence-corrected chi connectivity index (χ1v) is 9.72. The Kier molecular flexibility index (Phi) is 4.96. The Morgan fingerprint density at radius 2 is 2.14 bits per heavy atom. The van der Waals surface area contributed by atoms with Gasteiger partial charge in [0, 0.05) is 22.6 Å². The molecule has 1 aromatic carbocycles. The predicted molar refractivity (Wildman–Crippen MR) is 107 cm³/mol. The number of ether oxygens (including phenoxy) is 1. The van der Waals surface area contributed by atoms with Crippen LogP contribution in [-0.2, 0) is 11.3 Å². The van der Waals surface area contributed by atoms with Crippen LogP contribution in [0.3, 0.4) is 0 Å². The Morgan fingerprint density at radius 3 is 2.83 bits per heavy atom. The number of hydrogen-bond donors (Lipinski definition) is 2. The first-order chi connectivity index (χ1) is 13.9. The van der Waals surface area contributed by atoms with Crippen LogP contribution in [0.25, 0.3) is 10.9 Å². The van der Waals surface area contributed by atoms with Gasteiger partial charge in [0.05, 0.1) is 32.0 Å². The van der Waals surface area contributed by atoms with Crippen molar-refractivity contribution in [3.63, 3.8) is 0 Å². The summed E-state index contributed by atoms with van der Waals surface area (Å²) in [7, 11) is 0. The summed E-state index contributed by atoms with van der Waals surface area (Å²) < 4.78 is 6.94. The molecule has 0 radical (unpaired) electrons. The smallest absolute Gasteiger partial charge is 0.273 e. The molecule has 152 valence electrons. The Balaban J connectivity index is 1.55. The number of carbonyl (C=O) groups excluding carboxylic acids is 1. The summed E-state index contributed by atoms with van der Waals surface area (Å²) in [5.74, 6) is -0.193. The molecule has 1 atom stereocenters. The second-order valence-electron chi connectivity index (χ2n) is 8.38. The number of benzene rings is 1. The molecule has 1 amide bonds. The van der Waals surface area contributed by atoms with E-state index in [0.29, 0.717) is 30.8 Å². The van der Waals surface area contributed by atoms with E-state index in [1.807, 2.05) is 38.1 Å². The van der Waals surface area contributed by atoms with Gasteiger partial charge in [-0.2, -0.15) is 0 Å². The summed E-state index contributed by atoms with van der Waals surface area (Å²) in [4.78, 5) is 17.1. The number of aromatic nitrogens is 4. The van der Waals surface area contributed by atoms with E-state index in [1.54, 1.807) is 17.1 Å². The minimum atomic E-state index is -0.392. The standard InChI is InChI=1S/C21H25N5O3/c1-13(2)17(15-7-6-14-5-4-8-22-18(14)19(15)27)23-20(28)16-9-26(25-24-16)10-21(3)11-29-12-21/h4-9,13,17,27H,10-12H2,1-3H3,(H,23,28). The van der Waals surface area contributed by atoms with Crippen LogP contribution < -0.4 is 5.32 Å². The van der Waals surface area contributed by atoms with Crippen molar-refractivity contribution in [2.45, 2.75) is 33.4 Å². The fourth-order valence-corrected chi connectivity index (χ4v) is 3.63. The molecule has 2 N–H and O–H groups in total. The zero-order chi connectivity index (χ0) is 20.6. The number of aromatic hydroxyl groups is 1. The number of fused-ring (bicyclic) bond motifs is 1. The first kappa shape index (κ1) is 19.3. The van der Waals surface area contributed by atoms with E-state index in [1.165, 1.54) is 0 Å². The zero-order valence-electron chi connectivity index (χ0n) is 16.8. The molecular formula is C21H25N5O3. The van der Waals surface area contributed by atoms with Gasteiger partial charge in [-0.3, -0.25) is 14.5 Å². The average Bonchev–Trinajstić information content (AvgIpc) is 3.14. The van der Waals surface area contributed by atoms with Gasteiger partial charge in [0.1, 0.15) is 11.3 Å². The quantitative estimate of drug-likeness (QED) is 0.665. The summed E-state index contributed by atoms with van der Waals surface area (Å²) in [6.07, 6.45) is 3.29. The van der Waals surface area contributed by atoms with Crippen molar-refractivity contribution in [3.05, 3.63) is 47.9 Å². The summed E-state index contributed by atoms with van der Waals surface area (Å²) >= 11 is 0. The number of hydrogen-bond acceptors (Lipinski definition) is 6. The molecular weight excluding hydrogens is 370 g/mol. The first-order valence-electron chi connectivity index (χ1n) is 9.72. The van der Waals surface area contributed by atoms with Crippen LogP contribution in [-0.4, -0.2) is 44.2 Å². The Bertz CT molecular complexity index is 1040. The number of carbonyl (C=O) groups is 1. The van der Waals surface area contributed by atoms with Crippen molar-refractivity contribution in [2.24, 2.45) is 11.3 Å². The summed E-state index contributed by atoms with van der Waals surface area (Å²) in [6, 6.07) is 7.05. The number of phenols is 1. The molecule has 8 heteroatoms. The second-order valence-corrected chi connectivity index (χ2v) is 8.38. The number of pyridine rings is 1. The van der Waals surface area contributed by atoms with Crippen LogP contribution in [0.15, 0.2) is 36.7 Å². The maximum Gasteiger partial charge on any atom is 0.273 e. The minimum absolute atomic E-state index is 0.0335. The van der Waals surface area contributed by atoms with E-state index in [2.05, 4.69) is 27.5 Å². The van der Waals surface area contributed by atoms with E-state index in [4.69, 9.17) is 4.74 Å². The number of nitrogens with one attached hydrogen (secondary N) is 1. The van der Waals surface area contributed by atoms with Gasteiger partial charge in [-0.25, -0.2) is 0 Å². The highest BCUT2D eigenvalue weighted by Gasteiger charge is 2.34. The van der Waals surface area contributed by atoms with Crippen LogP contribution in [0, 0.1) is 11.3 Å². The number of rotatable bonds is 6. The van der Waals surface area contributed by atoms with Gasteiger partial charge in [-0.05, 0) is 12.0 Å². The van der Waals surface area contributed by atoms with Crippen LogP contribution in [0.1, 0.15) is 42.9 Å². The van der Waals surface area contributed by atoms with Crippen molar-refractivity contribution in [2.75, 3.05) is 13.2 Å². The summed E-state index contributed by atoms with van der Waals surface area (Å²) in [5, 5.41) is 22.7. The lowest BCUT2D eigenvalue weighted by atomic mass is 9.89. The Labute approximate surface area is 168 Å². The maximum atomic E-state index is 12.8. The van der Waals surface area contributed by atoms with E-state index < -0.39 is 6.04 Å². The normalized spacial score (nSPS) is 16.6. The van der Waals surface area contributed by atoms with Gasteiger partial charge in [-0.15, -0.1) is 5.10 Å². The second kappa shape index (κ2) is 7.44. The largest absolute Gasteiger partial charge is 0.505 e. The number of nitrogens with zero attached hydrogens (tertiary/aromatic N) is 4. The molecule has 8 nitrogen and oxygen atoms in total. The molecule has 29 heavy (non-hydrogen) atoms.